The molecular formula is C7H15NO2. The number of carbonyl (C=O) groups is 1. The average molecular weight is 145 g/mol. The number of carbonyl (C=O) groups excluding carboxylic acids is 1. The van der Waals surface area contributed by atoms with Crippen LogP contribution in [0.3, 0.4) is 0 Å². The molecule has 0 spiro atoms. The van der Waals surface area contributed by atoms with Gasteiger partial charge in [-0.2, -0.15) is 0 Å². The Balaban J connectivity index is 3.40. The van der Waals surface area contributed by atoms with Gasteiger partial charge in [0.1, 0.15) is 5.78 Å². The summed E-state index contributed by atoms with van der Waals surface area (Å²) in [6.07, 6.45) is 0.144. The van der Waals surface area contributed by atoms with Crippen molar-refractivity contribution in [1.29, 1.82) is 0 Å². The van der Waals surface area contributed by atoms with Crippen LogP contribution >= 0.6 is 0 Å². The second-order valence-corrected chi connectivity index (χ2v) is 2.60. The van der Waals surface area contributed by atoms with Gasteiger partial charge in [-0.1, -0.05) is 0 Å². The lowest BCUT2D eigenvalue weighted by molar-refractivity contribution is -0.119. The highest BCUT2D eigenvalue weighted by molar-refractivity contribution is 5.81. The van der Waals surface area contributed by atoms with Gasteiger partial charge in [0, 0.05) is 0 Å². The van der Waals surface area contributed by atoms with Crippen LogP contribution in [0.4, 0.5) is 0 Å². The number of ether oxygens (including phenoxy) is 1. The third-order valence-corrected chi connectivity index (χ3v) is 1.13. The largest absolute Gasteiger partial charge is 0.377 e. The number of rotatable bonds is 4. The lowest BCUT2D eigenvalue weighted by atomic mass is 10.2. The number of hydrogen-bond acceptors (Lipinski definition) is 3. The van der Waals surface area contributed by atoms with Crippen molar-refractivity contribution in [1.82, 2.24) is 0 Å². The molecule has 0 radical (unpaired) electrons. The summed E-state index contributed by atoms with van der Waals surface area (Å²) in [5.74, 6) is -0.0272. The van der Waals surface area contributed by atoms with Crippen LogP contribution < -0.4 is 5.73 Å². The Kier molecular flexibility index (Phi) is 4.23. The summed E-state index contributed by atoms with van der Waals surface area (Å²) in [4.78, 5) is 10.6. The van der Waals surface area contributed by atoms with Crippen LogP contribution in [0.15, 0.2) is 0 Å². The van der Waals surface area contributed by atoms with Gasteiger partial charge in [0.2, 0.25) is 0 Å². The summed E-state index contributed by atoms with van der Waals surface area (Å²) >= 11 is 0. The van der Waals surface area contributed by atoms with Crippen molar-refractivity contribution < 1.29 is 9.53 Å². The monoisotopic (exact) mass is 145 g/mol. The standard InChI is InChI=1S/C7H15NO2/c1-5(2)10-4-7(8)6(3)9/h5,7H,4,8H2,1-3H3/t7-/m0/s1. The molecule has 0 aliphatic rings. The van der Waals surface area contributed by atoms with Gasteiger partial charge in [-0.05, 0) is 20.8 Å². The van der Waals surface area contributed by atoms with Crippen molar-refractivity contribution in [3.05, 3.63) is 0 Å². The van der Waals surface area contributed by atoms with Crippen molar-refractivity contribution in [2.75, 3.05) is 6.61 Å². The predicted octanol–water partition coefficient (Wildman–Crippen LogP) is 0.328. The molecule has 0 saturated heterocycles. The van der Waals surface area contributed by atoms with Crippen molar-refractivity contribution in [3.63, 3.8) is 0 Å². The summed E-state index contributed by atoms with van der Waals surface area (Å²) in [5.41, 5.74) is 5.39. The lowest BCUT2D eigenvalue weighted by Crippen LogP contribution is -2.34. The maximum absolute atomic E-state index is 10.6. The molecule has 0 heterocycles. The third kappa shape index (κ3) is 4.47. The van der Waals surface area contributed by atoms with Crippen LogP contribution in [0.1, 0.15) is 20.8 Å². The molecule has 0 aliphatic carbocycles. The zero-order valence-corrected chi connectivity index (χ0v) is 6.76. The summed E-state index contributed by atoms with van der Waals surface area (Å²) in [6, 6.07) is -0.456. The topological polar surface area (TPSA) is 52.3 Å². The van der Waals surface area contributed by atoms with Crippen LogP contribution in [0.5, 0.6) is 0 Å². The first-order chi connectivity index (χ1) is 4.54. The van der Waals surface area contributed by atoms with Crippen LogP contribution in [0.25, 0.3) is 0 Å². The zero-order chi connectivity index (χ0) is 8.15. The van der Waals surface area contributed by atoms with E-state index in [1.54, 1.807) is 0 Å². The first-order valence-electron chi connectivity index (χ1n) is 3.41. The van der Waals surface area contributed by atoms with Gasteiger partial charge in [0.25, 0.3) is 0 Å². The lowest BCUT2D eigenvalue weighted by Gasteiger charge is -2.10. The maximum atomic E-state index is 10.6. The van der Waals surface area contributed by atoms with Crippen molar-refractivity contribution in [2.24, 2.45) is 5.73 Å². The number of hydrogen-bond donors (Lipinski definition) is 1. The molecule has 0 unspecified atom stereocenters. The van der Waals surface area contributed by atoms with E-state index in [2.05, 4.69) is 0 Å². The first kappa shape index (κ1) is 9.59. The summed E-state index contributed by atoms with van der Waals surface area (Å²) in [6.45, 7) is 5.61. The van der Waals surface area contributed by atoms with Gasteiger partial charge >= 0.3 is 0 Å². The average Bonchev–Trinajstić information content (AvgIpc) is 1.82. The number of ketones is 1. The van der Waals surface area contributed by atoms with Gasteiger partial charge in [-0.15, -0.1) is 0 Å². The molecule has 0 fully saturated rings. The fourth-order valence-corrected chi connectivity index (χ4v) is 0.413. The summed E-state index contributed by atoms with van der Waals surface area (Å²) in [7, 11) is 0. The molecule has 0 amide bonds. The highest BCUT2D eigenvalue weighted by Crippen LogP contribution is 1.90. The fraction of sp³-hybridized carbons (Fsp3) is 0.857. The van der Waals surface area contributed by atoms with Crippen LogP contribution in [0, 0.1) is 0 Å². The van der Waals surface area contributed by atoms with E-state index < -0.39 is 6.04 Å². The van der Waals surface area contributed by atoms with Gasteiger partial charge in [-0.25, -0.2) is 0 Å². The maximum Gasteiger partial charge on any atom is 0.148 e. The summed E-state index contributed by atoms with van der Waals surface area (Å²) < 4.78 is 5.12. The van der Waals surface area contributed by atoms with Crippen molar-refractivity contribution in [3.8, 4) is 0 Å². The highest BCUT2D eigenvalue weighted by Gasteiger charge is 2.07. The molecule has 0 rings (SSSR count). The van der Waals surface area contributed by atoms with E-state index >= 15 is 0 Å². The van der Waals surface area contributed by atoms with E-state index in [1.807, 2.05) is 13.8 Å². The predicted molar refractivity (Wildman–Crippen MR) is 39.7 cm³/mol. The van der Waals surface area contributed by atoms with E-state index in [-0.39, 0.29) is 11.9 Å². The minimum absolute atomic E-state index is 0.0272. The molecule has 0 aromatic carbocycles. The summed E-state index contributed by atoms with van der Waals surface area (Å²) in [5, 5.41) is 0. The van der Waals surface area contributed by atoms with E-state index in [0.717, 1.165) is 0 Å². The molecule has 10 heavy (non-hydrogen) atoms. The minimum atomic E-state index is -0.456. The molecule has 0 bridgehead atoms. The molecular weight excluding hydrogens is 130 g/mol. The normalized spacial score (nSPS) is 13.7. The second-order valence-electron chi connectivity index (χ2n) is 2.60. The molecule has 0 saturated carbocycles. The molecule has 0 aromatic heterocycles. The Morgan fingerprint density at radius 3 is 2.40 bits per heavy atom. The van der Waals surface area contributed by atoms with Gasteiger partial charge < -0.3 is 10.5 Å². The highest BCUT2D eigenvalue weighted by atomic mass is 16.5. The van der Waals surface area contributed by atoms with Crippen LogP contribution in [-0.4, -0.2) is 24.5 Å². The van der Waals surface area contributed by atoms with E-state index in [4.69, 9.17) is 10.5 Å². The molecule has 3 nitrogen and oxygen atoms in total. The smallest absolute Gasteiger partial charge is 0.148 e. The second kappa shape index (κ2) is 4.41. The van der Waals surface area contributed by atoms with Crippen molar-refractivity contribution in [2.45, 2.75) is 32.9 Å². The molecule has 0 aliphatic heterocycles. The Morgan fingerprint density at radius 2 is 2.10 bits per heavy atom. The van der Waals surface area contributed by atoms with Crippen molar-refractivity contribution >= 4 is 5.78 Å². The Morgan fingerprint density at radius 1 is 1.60 bits per heavy atom. The molecule has 2 N–H and O–H groups in total. The van der Waals surface area contributed by atoms with Gasteiger partial charge in [0.15, 0.2) is 0 Å². The van der Waals surface area contributed by atoms with E-state index in [0.29, 0.717) is 6.61 Å². The number of Topliss-reactive ketones (excluding diaryl/α,β-unsaturated/α-hetero) is 1. The van der Waals surface area contributed by atoms with E-state index in [9.17, 15) is 4.79 Å². The SMILES string of the molecule is CC(=O)[C@@H](N)COC(C)C. The quantitative estimate of drug-likeness (QED) is 0.620. The number of nitrogens with two attached hydrogens (primary N) is 1. The van der Waals surface area contributed by atoms with Crippen LogP contribution in [-0.2, 0) is 9.53 Å². The minimum Gasteiger partial charge on any atom is -0.377 e. The van der Waals surface area contributed by atoms with E-state index in [1.165, 1.54) is 6.92 Å². The van der Waals surface area contributed by atoms with Gasteiger partial charge in [0.05, 0.1) is 18.8 Å². The Bertz CT molecular complexity index is 112. The zero-order valence-electron chi connectivity index (χ0n) is 6.76. The van der Waals surface area contributed by atoms with Gasteiger partial charge in [-0.3, -0.25) is 4.79 Å². The third-order valence-electron chi connectivity index (χ3n) is 1.13. The first-order valence-corrected chi connectivity index (χ1v) is 3.41. The fourth-order valence-electron chi connectivity index (χ4n) is 0.413. The Labute approximate surface area is 61.5 Å². The Hall–Kier alpha value is -0.410. The molecule has 0 aromatic rings. The molecule has 60 valence electrons. The van der Waals surface area contributed by atoms with Crippen LogP contribution in [0.2, 0.25) is 0 Å². The molecule has 1 atom stereocenters. The molecule has 3 heteroatoms.